The smallest absolute Gasteiger partial charge is 0.0434 e. The lowest BCUT2D eigenvalue weighted by Crippen LogP contribution is -1.85. The lowest BCUT2D eigenvalue weighted by Gasteiger charge is -2.04. The largest absolute Gasteiger partial charge is 0.0862 e. The van der Waals surface area contributed by atoms with Crippen molar-refractivity contribution < 1.29 is 0 Å². The Morgan fingerprint density at radius 2 is 1.92 bits per heavy atom. The van der Waals surface area contributed by atoms with Gasteiger partial charge in [-0.2, -0.15) is 0 Å². The van der Waals surface area contributed by atoms with Gasteiger partial charge in [-0.3, -0.25) is 0 Å². The van der Waals surface area contributed by atoms with Crippen molar-refractivity contribution in [2.75, 3.05) is 0 Å². The lowest BCUT2D eigenvalue weighted by molar-refractivity contribution is 1.09. The minimum atomic E-state index is 0.840. The molecule has 0 fully saturated rings. The summed E-state index contributed by atoms with van der Waals surface area (Å²) in [5.41, 5.74) is 2.50. The Labute approximate surface area is 80.6 Å². The van der Waals surface area contributed by atoms with Crippen LogP contribution in [0.1, 0.15) is 34.1 Å². The summed E-state index contributed by atoms with van der Waals surface area (Å²) >= 11 is 6.04. The molecule has 0 aliphatic rings. The van der Waals surface area contributed by atoms with Crippen molar-refractivity contribution in [3.8, 4) is 0 Å². The lowest BCUT2D eigenvalue weighted by atomic mass is 10.0. The molecule has 0 aromatic rings. The van der Waals surface area contributed by atoms with Crippen molar-refractivity contribution >= 4 is 11.6 Å². The first-order valence-corrected chi connectivity index (χ1v) is 4.69. The molecule has 68 valence electrons. The maximum atomic E-state index is 6.04. The van der Waals surface area contributed by atoms with Gasteiger partial charge < -0.3 is 0 Å². The highest BCUT2D eigenvalue weighted by atomic mass is 35.5. The van der Waals surface area contributed by atoms with E-state index in [2.05, 4.69) is 19.9 Å². The van der Waals surface area contributed by atoms with Crippen LogP contribution >= 0.6 is 11.6 Å². The Balaban J connectivity index is 4.75. The number of hydrogen-bond acceptors (Lipinski definition) is 0. The molecule has 0 aromatic heterocycles. The zero-order chi connectivity index (χ0) is 9.56. The molecule has 0 amide bonds. The molecule has 0 N–H and O–H groups in total. The normalized spacial score (nSPS) is 15.2. The van der Waals surface area contributed by atoms with Gasteiger partial charge in [0.05, 0.1) is 0 Å². The third-order valence-electron chi connectivity index (χ3n) is 1.88. The average Bonchev–Trinajstić information content (AvgIpc) is 2.07. The van der Waals surface area contributed by atoms with Gasteiger partial charge in [0.2, 0.25) is 0 Å². The first-order chi connectivity index (χ1) is 5.67. The predicted molar refractivity (Wildman–Crippen MR) is 57.4 cm³/mol. The minimum Gasteiger partial charge on any atom is -0.0862 e. The van der Waals surface area contributed by atoms with Gasteiger partial charge >= 0.3 is 0 Å². The van der Waals surface area contributed by atoms with Crippen LogP contribution in [0.15, 0.2) is 34.4 Å². The van der Waals surface area contributed by atoms with E-state index in [1.165, 1.54) is 11.1 Å². The molecule has 0 heterocycles. The van der Waals surface area contributed by atoms with Crippen LogP contribution < -0.4 is 0 Å². The summed E-state index contributed by atoms with van der Waals surface area (Å²) in [6, 6.07) is 0. The molecule has 0 radical (unpaired) electrons. The Kier molecular flexibility index (Phi) is 5.83. The van der Waals surface area contributed by atoms with E-state index in [0.717, 1.165) is 11.5 Å². The summed E-state index contributed by atoms with van der Waals surface area (Å²) in [6.07, 6.45) is 7.03. The summed E-state index contributed by atoms with van der Waals surface area (Å²) in [4.78, 5) is 0. The summed E-state index contributed by atoms with van der Waals surface area (Å²) < 4.78 is 0. The monoisotopic (exact) mass is 184 g/mol. The van der Waals surface area contributed by atoms with Crippen LogP contribution in [0.4, 0.5) is 0 Å². The van der Waals surface area contributed by atoms with E-state index in [-0.39, 0.29) is 0 Å². The van der Waals surface area contributed by atoms with E-state index in [1.54, 1.807) is 0 Å². The van der Waals surface area contributed by atoms with Crippen molar-refractivity contribution in [2.24, 2.45) is 0 Å². The number of halogens is 1. The maximum Gasteiger partial charge on any atom is 0.0434 e. The molecule has 0 aromatic carbocycles. The fourth-order valence-electron chi connectivity index (χ4n) is 1.11. The van der Waals surface area contributed by atoms with E-state index in [4.69, 9.17) is 11.6 Å². The van der Waals surface area contributed by atoms with Crippen LogP contribution in [0.3, 0.4) is 0 Å². The maximum absolute atomic E-state index is 6.04. The van der Waals surface area contributed by atoms with Crippen LogP contribution in [0.2, 0.25) is 0 Å². The van der Waals surface area contributed by atoms with Crippen molar-refractivity contribution in [3.05, 3.63) is 34.4 Å². The SMILES string of the molecule is C\C=C(CC)/C(C)=C(Cl)\C=C\C. The average molecular weight is 185 g/mol. The standard InChI is InChI=1S/C11H17Cl/c1-5-8-11(12)9(4)10(6-2)7-3/h5-6,8H,7H2,1-4H3/b8-5+,10-6-,11-9+. The molecule has 0 aliphatic heterocycles. The minimum absolute atomic E-state index is 0.840. The molecule has 12 heavy (non-hydrogen) atoms. The molecule has 0 bridgehead atoms. The molecule has 1 heteroatoms. The van der Waals surface area contributed by atoms with Crippen molar-refractivity contribution in [1.29, 1.82) is 0 Å². The molecule has 0 rings (SSSR count). The Bertz CT molecular complexity index is 219. The highest BCUT2D eigenvalue weighted by molar-refractivity contribution is 6.31. The highest BCUT2D eigenvalue weighted by Crippen LogP contribution is 2.20. The Morgan fingerprint density at radius 1 is 1.33 bits per heavy atom. The third kappa shape index (κ3) is 3.27. The second kappa shape index (κ2) is 6.07. The van der Waals surface area contributed by atoms with Gasteiger partial charge in [0.15, 0.2) is 0 Å². The molecule has 0 saturated carbocycles. The van der Waals surface area contributed by atoms with E-state index in [9.17, 15) is 0 Å². The van der Waals surface area contributed by atoms with Crippen molar-refractivity contribution in [1.82, 2.24) is 0 Å². The van der Waals surface area contributed by atoms with Crippen LogP contribution in [-0.4, -0.2) is 0 Å². The summed E-state index contributed by atoms with van der Waals surface area (Å²) in [5.74, 6) is 0. The number of hydrogen-bond donors (Lipinski definition) is 0. The second-order valence-corrected chi connectivity index (χ2v) is 3.05. The predicted octanol–water partition coefficient (Wildman–Crippen LogP) is 4.43. The zero-order valence-electron chi connectivity index (χ0n) is 8.32. The molecule has 0 atom stereocenters. The molecule has 0 spiro atoms. The van der Waals surface area contributed by atoms with Gasteiger partial charge in [-0.25, -0.2) is 0 Å². The number of allylic oxidation sites excluding steroid dienone is 6. The van der Waals surface area contributed by atoms with Crippen LogP contribution in [0.5, 0.6) is 0 Å². The van der Waals surface area contributed by atoms with Crippen LogP contribution in [0, 0.1) is 0 Å². The molecule has 0 nitrogen and oxygen atoms in total. The van der Waals surface area contributed by atoms with E-state index < -0.39 is 0 Å². The van der Waals surface area contributed by atoms with Gasteiger partial charge in [-0.1, -0.05) is 30.7 Å². The number of rotatable bonds is 3. The van der Waals surface area contributed by atoms with Crippen molar-refractivity contribution in [2.45, 2.75) is 34.1 Å². The fourth-order valence-corrected chi connectivity index (χ4v) is 1.36. The second-order valence-electron chi connectivity index (χ2n) is 2.64. The summed E-state index contributed by atoms with van der Waals surface area (Å²) in [7, 11) is 0. The topological polar surface area (TPSA) is 0 Å². The Morgan fingerprint density at radius 3 is 2.25 bits per heavy atom. The zero-order valence-corrected chi connectivity index (χ0v) is 9.07. The van der Waals surface area contributed by atoms with Crippen LogP contribution in [-0.2, 0) is 0 Å². The molecular weight excluding hydrogens is 168 g/mol. The molecular formula is C11H17Cl. The van der Waals surface area contributed by atoms with Gasteiger partial charge in [0, 0.05) is 5.03 Å². The first kappa shape index (κ1) is 11.5. The quantitative estimate of drug-likeness (QED) is 0.570. The van der Waals surface area contributed by atoms with Crippen LogP contribution in [0.25, 0.3) is 0 Å². The first-order valence-electron chi connectivity index (χ1n) is 4.32. The van der Waals surface area contributed by atoms with E-state index in [0.29, 0.717) is 0 Å². The summed E-state index contributed by atoms with van der Waals surface area (Å²) in [6.45, 7) is 8.21. The Hall–Kier alpha value is -0.490. The van der Waals surface area contributed by atoms with E-state index >= 15 is 0 Å². The van der Waals surface area contributed by atoms with Gasteiger partial charge in [-0.05, 0) is 44.4 Å². The van der Waals surface area contributed by atoms with Gasteiger partial charge in [0.25, 0.3) is 0 Å². The van der Waals surface area contributed by atoms with Gasteiger partial charge in [-0.15, -0.1) is 0 Å². The molecule has 0 aliphatic carbocycles. The van der Waals surface area contributed by atoms with E-state index in [1.807, 2.05) is 26.0 Å². The highest BCUT2D eigenvalue weighted by Gasteiger charge is 1.99. The fraction of sp³-hybridized carbons (Fsp3) is 0.455. The summed E-state index contributed by atoms with van der Waals surface area (Å²) in [5, 5.41) is 0.840. The third-order valence-corrected chi connectivity index (χ3v) is 2.29. The van der Waals surface area contributed by atoms with Crippen molar-refractivity contribution in [3.63, 3.8) is 0 Å². The molecule has 0 unspecified atom stereocenters. The van der Waals surface area contributed by atoms with Gasteiger partial charge in [0.1, 0.15) is 0 Å². The molecule has 0 saturated heterocycles.